The molecule has 15 heavy (non-hydrogen) atoms. The van der Waals surface area contributed by atoms with E-state index < -0.39 is 0 Å². The quantitative estimate of drug-likeness (QED) is 0.741. The van der Waals surface area contributed by atoms with Crippen molar-refractivity contribution in [2.45, 2.75) is 40.2 Å². The van der Waals surface area contributed by atoms with Gasteiger partial charge in [0.25, 0.3) is 0 Å². The maximum absolute atomic E-state index is 12.0. The molecule has 0 aliphatic rings. The first-order valence-corrected chi connectivity index (χ1v) is 5.64. The summed E-state index contributed by atoms with van der Waals surface area (Å²) in [5.74, 6) is 0.0744. The number of aromatic nitrogens is 2. The monoisotopic (exact) mass is 228 g/mol. The average molecular weight is 229 g/mol. The fraction of sp³-hybridized carbons (Fsp3) is 0.636. The minimum Gasteiger partial charge on any atom is -0.292 e. The highest BCUT2D eigenvalue weighted by Gasteiger charge is 2.22. The van der Waals surface area contributed by atoms with Gasteiger partial charge in [0.15, 0.2) is 5.78 Å². The molecule has 0 saturated heterocycles. The van der Waals surface area contributed by atoms with Crippen LogP contribution in [0.2, 0.25) is 5.02 Å². The lowest BCUT2D eigenvalue weighted by Gasteiger charge is -2.13. The van der Waals surface area contributed by atoms with E-state index in [1.807, 2.05) is 27.7 Å². The summed E-state index contributed by atoms with van der Waals surface area (Å²) in [5, 5.41) is 4.57. The molecule has 84 valence electrons. The van der Waals surface area contributed by atoms with Crippen molar-refractivity contribution in [3.63, 3.8) is 0 Å². The van der Waals surface area contributed by atoms with Crippen LogP contribution in [0, 0.1) is 5.92 Å². The Morgan fingerprint density at radius 1 is 1.53 bits per heavy atom. The number of halogens is 1. The van der Waals surface area contributed by atoms with Gasteiger partial charge in [-0.25, -0.2) is 0 Å². The average Bonchev–Trinajstić information content (AvgIpc) is 2.58. The Labute approximate surface area is 95.4 Å². The Morgan fingerprint density at radius 2 is 2.13 bits per heavy atom. The SMILES string of the molecule is CCC(C)C(=O)c1c(Cl)cnn1C(C)C. The van der Waals surface area contributed by atoms with Crippen molar-refractivity contribution in [2.24, 2.45) is 5.92 Å². The van der Waals surface area contributed by atoms with E-state index in [0.717, 1.165) is 6.42 Å². The summed E-state index contributed by atoms with van der Waals surface area (Å²) in [7, 11) is 0. The summed E-state index contributed by atoms with van der Waals surface area (Å²) in [6.45, 7) is 7.87. The Hall–Kier alpha value is -0.830. The largest absolute Gasteiger partial charge is 0.292 e. The van der Waals surface area contributed by atoms with Crippen molar-refractivity contribution in [3.8, 4) is 0 Å². The van der Waals surface area contributed by atoms with Crippen molar-refractivity contribution in [2.75, 3.05) is 0 Å². The zero-order valence-corrected chi connectivity index (χ0v) is 10.4. The van der Waals surface area contributed by atoms with Crippen LogP contribution in [0.3, 0.4) is 0 Å². The fourth-order valence-electron chi connectivity index (χ4n) is 1.38. The van der Waals surface area contributed by atoms with E-state index in [0.29, 0.717) is 10.7 Å². The third-order valence-electron chi connectivity index (χ3n) is 2.53. The van der Waals surface area contributed by atoms with Crippen molar-refractivity contribution < 1.29 is 4.79 Å². The van der Waals surface area contributed by atoms with E-state index in [9.17, 15) is 4.79 Å². The van der Waals surface area contributed by atoms with Crippen LogP contribution >= 0.6 is 11.6 Å². The highest BCUT2D eigenvalue weighted by atomic mass is 35.5. The van der Waals surface area contributed by atoms with Gasteiger partial charge in [0.05, 0.1) is 11.2 Å². The van der Waals surface area contributed by atoms with E-state index in [-0.39, 0.29) is 17.7 Å². The van der Waals surface area contributed by atoms with Crippen LogP contribution in [0.5, 0.6) is 0 Å². The van der Waals surface area contributed by atoms with Crippen molar-refractivity contribution >= 4 is 17.4 Å². The Morgan fingerprint density at radius 3 is 2.60 bits per heavy atom. The molecular weight excluding hydrogens is 212 g/mol. The molecule has 1 heterocycles. The van der Waals surface area contributed by atoms with Crippen LogP contribution < -0.4 is 0 Å². The molecule has 0 N–H and O–H groups in total. The molecular formula is C11H17ClN2O. The van der Waals surface area contributed by atoms with Gasteiger partial charge in [-0.1, -0.05) is 25.4 Å². The summed E-state index contributed by atoms with van der Waals surface area (Å²) in [6, 6.07) is 0.153. The number of rotatable bonds is 4. The second-order valence-electron chi connectivity index (χ2n) is 4.05. The summed E-state index contributed by atoms with van der Waals surface area (Å²) >= 11 is 5.98. The predicted octanol–water partition coefficient (Wildman–Crippen LogP) is 3.35. The maximum atomic E-state index is 12.0. The van der Waals surface area contributed by atoms with E-state index >= 15 is 0 Å². The van der Waals surface area contributed by atoms with Crippen molar-refractivity contribution in [1.82, 2.24) is 9.78 Å². The van der Waals surface area contributed by atoms with Gasteiger partial charge in [-0.15, -0.1) is 0 Å². The maximum Gasteiger partial charge on any atom is 0.185 e. The number of ketones is 1. The number of nitrogens with zero attached hydrogens (tertiary/aromatic N) is 2. The van der Waals surface area contributed by atoms with Crippen LogP contribution in [0.1, 0.15) is 50.6 Å². The fourth-order valence-corrected chi connectivity index (χ4v) is 1.61. The van der Waals surface area contributed by atoms with Crippen molar-refractivity contribution in [1.29, 1.82) is 0 Å². The Bertz CT molecular complexity index is 357. The van der Waals surface area contributed by atoms with Gasteiger partial charge >= 0.3 is 0 Å². The zero-order chi connectivity index (χ0) is 11.6. The topological polar surface area (TPSA) is 34.9 Å². The minimum absolute atomic E-state index is 0.00306. The first kappa shape index (κ1) is 12.2. The molecule has 0 fully saturated rings. The van der Waals surface area contributed by atoms with Gasteiger partial charge in [-0.3, -0.25) is 9.48 Å². The lowest BCUT2D eigenvalue weighted by Crippen LogP contribution is -2.18. The van der Waals surface area contributed by atoms with Gasteiger partial charge in [0.2, 0.25) is 0 Å². The molecule has 4 heteroatoms. The lowest BCUT2D eigenvalue weighted by molar-refractivity contribution is 0.0914. The van der Waals surface area contributed by atoms with Gasteiger partial charge in [0, 0.05) is 12.0 Å². The third kappa shape index (κ3) is 2.40. The predicted molar refractivity (Wildman–Crippen MR) is 61.4 cm³/mol. The number of hydrogen-bond acceptors (Lipinski definition) is 2. The van der Waals surface area contributed by atoms with Gasteiger partial charge in [0.1, 0.15) is 5.69 Å². The second kappa shape index (κ2) is 4.79. The molecule has 1 unspecified atom stereocenters. The highest BCUT2D eigenvalue weighted by molar-refractivity contribution is 6.33. The van der Waals surface area contributed by atoms with Crippen LogP contribution in [-0.2, 0) is 0 Å². The molecule has 1 aromatic rings. The summed E-state index contributed by atoms with van der Waals surface area (Å²) < 4.78 is 1.69. The third-order valence-corrected chi connectivity index (χ3v) is 2.81. The lowest BCUT2D eigenvalue weighted by atomic mass is 10.0. The smallest absolute Gasteiger partial charge is 0.185 e. The molecule has 1 atom stereocenters. The van der Waals surface area contributed by atoms with E-state index in [1.54, 1.807) is 4.68 Å². The molecule has 0 radical (unpaired) electrons. The zero-order valence-electron chi connectivity index (χ0n) is 9.62. The Balaban J connectivity index is 3.12. The summed E-state index contributed by atoms with van der Waals surface area (Å²) in [5.41, 5.74) is 0.543. The summed E-state index contributed by atoms with van der Waals surface area (Å²) in [6.07, 6.45) is 2.36. The minimum atomic E-state index is -0.00306. The molecule has 0 aliphatic heterocycles. The standard InChI is InChI=1S/C11H17ClN2O/c1-5-8(4)11(15)10-9(12)6-13-14(10)7(2)3/h6-8H,5H2,1-4H3. The first-order valence-electron chi connectivity index (χ1n) is 5.26. The molecule has 1 rings (SSSR count). The van der Waals surface area contributed by atoms with Gasteiger partial charge in [-0.2, -0.15) is 5.10 Å². The molecule has 0 aromatic carbocycles. The normalized spacial score (nSPS) is 13.2. The van der Waals surface area contributed by atoms with E-state index in [4.69, 9.17) is 11.6 Å². The second-order valence-corrected chi connectivity index (χ2v) is 4.46. The van der Waals surface area contributed by atoms with Crippen LogP contribution in [0.4, 0.5) is 0 Å². The Kier molecular flexibility index (Phi) is 3.91. The molecule has 0 aliphatic carbocycles. The number of Topliss-reactive ketones (excluding diaryl/α,β-unsaturated/α-hetero) is 1. The molecule has 0 amide bonds. The van der Waals surface area contributed by atoms with Crippen LogP contribution in [0.15, 0.2) is 6.20 Å². The number of carbonyl (C=O) groups is 1. The first-order chi connectivity index (χ1) is 6.99. The van der Waals surface area contributed by atoms with E-state index in [1.165, 1.54) is 6.20 Å². The van der Waals surface area contributed by atoms with Crippen LogP contribution in [0.25, 0.3) is 0 Å². The van der Waals surface area contributed by atoms with E-state index in [2.05, 4.69) is 5.10 Å². The molecule has 0 saturated carbocycles. The van der Waals surface area contributed by atoms with Crippen molar-refractivity contribution in [3.05, 3.63) is 16.9 Å². The highest BCUT2D eigenvalue weighted by Crippen LogP contribution is 2.22. The van der Waals surface area contributed by atoms with Gasteiger partial charge in [-0.05, 0) is 20.3 Å². The number of hydrogen-bond donors (Lipinski definition) is 0. The molecule has 0 bridgehead atoms. The van der Waals surface area contributed by atoms with Gasteiger partial charge < -0.3 is 0 Å². The molecule has 1 aromatic heterocycles. The number of carbonyl (C=O) groups excluding carboxylic acids is 1. The molecule has 0 spiro atoms. The van der Waals surface area contributed by atoms with Crippen LogP contribution in [-0.4, -0.2) is 15.6 Å². The molecule has 3 nitrogen and oxygen atoms in total. The summed E-state index contributed by atoms with van der Waals surface area (Å²) in [4.78, 5) is 12.0.